The van der Waals surface area contributed by atoms with E-state index in [9.17, 15) is 0 Å². The van der Waals surface area contributed by atoms with Crippen LogP contribution in [0.3, 0.4) is 0 Å². The van der Waals surface area contributed by atoms with Crippen LogP contribution in [0.25, 0.3) is 33.5 Å². The summed E-state index contributed by atoms with van der Waals surface area (Å²) in [4.78, 5) is 0. The predicted molar refractivity (Wildman–Crippen MR) is 125 cm³/mol. The summed E-state index contributed by atoms with van der Waals surface area (Å²) in [5.74, 6) is 0. The third kappa shape index (κ3) is 2.64. The van der Waals surface area contributed by atoms with Crippen LogP contribution < -0.4 is 0 Å². The topological polar surface area (TPSA) is 9.86 Å². The Bertz CT molecular complexity index is 1350. The molecule has 0 radical (unpaired) electrons. The third-order valence-corrected chi connectivity index (χ3v) is 6.42. The summed E-state index contributed by atoms with van der Waals surface area (Å²) < 4.78 is 5.03. The summed E-state index contributed by atoms with van der Waals surface area (Å²) >= 11 is 0. The summed E-state index contributed by atoms with van der Waals surface area (Å²) in [5.41, 5.74) is 10.8. The highest BCUT2D eigenvalue weighted by Crippen LogP contribution is 2.40. The first-order valence-corrected chi connectivity index (χ1v) is 10.7. The van der Waals surface area contributed by atoms with Gasteiger partial charge in [-0.05, 0) is 48.2 Å². The lowest BCUT2D eigenvalue weighted by Gasteiger charge is -2.22. The van der Waals surface area contributed by atoms with E-state index in [2.05, 4.69) is 107 Å². The van der Waals surface area contributed by atoms with Gasteiger partial charge in [0.1, 0.15) is 0 Å². The molecule has 0 spiro atoms. The largest absolute Gasteiger partial charge is 0.339 e. The van der Waals surface area contributed by atoms with Crippen LogP contribution in [0.4, 0.5) is 0 Å². The van der Waals surface area contributed by atoms with Gasteiger partial charge in [0.05, 0.1) is 11.4 Å². The number of hydrogen-bond donors (Lipinski definition) is 0. The van der Waals surface area contributed by atoms with Crippen molar-refractivity contribution in [1.29, 1.82) is 0 Å². The van der Waals surface area contributed by atoms with Crippen molar-refractivity contribution in [3.63, 3.8) is 0 Å². The van der Waals surface area contributed by atoms with E-state index in [0.717, 1.165) is 19.5 Å². The van der Waals surface area contributed by atoms with Gasteiger partial charge >= 0.3 is 0 Å². The molecule has 1 aliphatic rings. The summed E-state index contributed by atoms with van der Waals surface area (Å²) in [6, 6.07) is 33.2. The Morgan fingerprint density at radius 2 is 1.47 bits per heavy atom. The maximum absolute atomic E-state index is 2.52. The molecule has 0 fully saturated rings. The molecule has 6 rings (SSSR count). The van der Waals surface area contributed by atoms with Crippen molar-refractivity contribution in [2.24, 2.45) is 0 Å². The number of rotatable bonds is 3. The van der Waals surface area contributed by atoms with Crippen LogP contribution in [0.5, 0.6) is 0 Å². The van der Waals surface area contributed by atoms with Gasteiger partial charge in [0.2, 0.25) is 0 Å². The normalized spacial score (nSPS) is 12.7. The fourth-order valence-electron chi connectivity index (χ4n) is 4.97. The molecule has 0 N–H and O–H groups in total. The van der Waals surface area contributed by atoms with Crippen molar-refractivity contribution in [2.75, 3.05) is 0 Å². The van der Waals surface area contributed by atoms with Crippen molar-refractivity contribution < 1.29 is 0 Å². The molecular weight excluding hydrogens is 364 g/mol. The number of para-hydroxylation sites is 1. The molecule has 3 heterocycles. The van der Waals surface area contributed by atoms with E-state index in [0.29, 0.717) is 0 Å². The Balaban J connectivity index is 1.56. The van der Waals surface area contributed by atoms with Gasteiger partial charge in [0, 0.05) is 29.7 Å². The Kier molecular flexibility index (Phi) is 3.92. The van der Waals surface area contributed by atoms with Crippen molar-refractivity contribution in [1.82, 2.24) is 9.13 Å². The van der Waals surface area contributed by atoms with Gasteiger partial charge in [-0.3, -0.25) is 0 Å². The number of nitrogens with zero attached hydrogens (tertiary/aromatic N) is 2. The Labute approximate surface area is 177 Å². The van der Waals surface area contributed by atoms with Crippen LogP contribution in [-0.4, -0.2) is 9.13 Å². The van der Waals surface area contributed by atoms with E-state index >= 15 is 0 Å². The zero-order chi connectivity index (χ0) is 20.1. The second kappa shape index (κ2) is 6.77. The minimum absolute atomic E-state index is 0.891. The van der Waals surface area contributed by atoms with E-state index in [-0.39, 0.29) is 0 Å². The maximum atomic E-state index is 2.52. The molecule has 2 nitrogen and oxygen atoms in total. The van der Waals surface area contributed by atoms with Gasteiger partial charge in [-0.1, -0.05) is 78.4 Å². The van der Waals surface area contributed by atoms with Crippen LogP contribution >= 0.6 is 0 Å². The van der Waals surface area contributed by atoms with Crippen LogP contribution in [0.1, 0.15) is 16.7 Å². The maximum Gasteiger partial charge on any atom is 0.0695 e. The second-order valence-corrected chi connectivity index (χ2v) is 8.29. The van der Waals surface area contributed by atoms with E-state index in [1.54, 1.807) is 0 Å². The Morgan fingerprint density at radius 1 is 0.733 bits per heavy atom. The predicted octanol–water partition coefficient (Wildman–Crippen LogP) is 6.69. The van der Waals surface area contributed by atoms with Gasteiger partial charge in [-0.15, -0.1) is 0 Å². The van der Waals surface area contributed by atoms with Crippen molar-refractivity contribution in [3.8, 4) is 22.6 Å². The molecule has 146 valence electrons. The molecule has 2 heteroatoms. The number of aromatic nitrogens is 2. The van der Waals surface area contributed by atoms with Gasteiger partial charge in [0.25, 0.3) is 0 Å². The fourth-order valence-corrected chi connectivity index (χ4v) is 4.97. The minimum atomic E-state index is 0.891. The number of aryl methyl sites for hydroxylation is 2. The lowest BCUT2D eigenvalue weighted by atomic mass is 10.0. The average molecular weight is 389 g/mol. The van der Waals surface area contributed by atoms with Crippen molar-refractivity contribution in [3.05, 3.63) is 108 Å². The molecule has 30 heavy (non-hydrogen) atoms. The van der Waals surface area contributed by atoms with Gasteiger partial charge in [-0.25, -0.2) is 0 Å². The molecule has 3 aromatic carbocycles. The molecule has 0 amide bonds. The zero-order valence-electron chi connectivity index (χ0n) is 17.2. The van der Waals surface area contributed by atoms with E-state index < -0.39 is 0 Å². The zero-order valence-corrected chi connectivity index (χ0v) is 17.2. The molecule has 5 aromatic rings. The Hall–Kier alpha value is -3.52. The highest BCUT2D eigenvalue weighted by Gasteiger charge is 2.26. The quantitative estimate of drug-likeness (QED) is 0.326. The molecule has 0 unspecified atom stereocenters. The van der Waals surface area contributed by atoms with Gasteiger partial charge in [0.15, 0.2) is 0 Å². The van der Waals surface area contributed by atoms with Crippen molar-refractivity contribution >= 4 is 10.9 Å². The highest BCUT2D eigenvalue weighted by atomic mass is 15.1. The molecule has 2 aromatic heterocycles. The first-order valence-electron chi connectivity index (χ1n) is 10.7. The average Bonchev–Trinajstić information content (AvgIpc) is 3.35. The third-order valence-electron chi connectivity index (χ3n) is 6.42. The second-order valence-electron chi connectivity index (χ2n) is 8.29. The number of fused-ring (bicyclic) bond motifs is 5. The van der Waals surface area contributed by atoms with Crippen LogP contribution in [0, 0.1) is 6.92 Å². The van der Waals surface area contributed by atoms with Gasteiger partial charge < -0.3 is 9.13 Å². The smallest absolute Gasteiger partial charge is 0.0695 e. The van der Waals surface area contributed by atoms with Crippen LogP contribution in [-0.2, 0) is 19.5 Å². The molecule has 0 saturated heterocycles. The SMILES string of the molecule is Cc1ccc(-c2ccc3n2CCc2c-3n(Cc3ccccc3)c3ccccc23)cc1. The Morgan fingerprint density at radius 3 is 2.30 bits per heavy atom. The van der Waals surface area contributed by atoms with Crippen LogP contribution in [0.2, 0.25) is 0 Å². The molecular formula is C28H24N2. The van der Waals surface area contributed by atoms with E-state index in [1.807, 2.05) is 0 Å². The molecule has 1 aliphatic heterocycles. The lowest BCUT2D eigenvalue weighted by molar-refractivity contribution is 0.683. The van der Waals surface area contributed by atoms with E-state index in [4.69, 9.17) is 0 Å². The summed E-state index contributed by atoms with van der Waals surface area (Å²) in [6.07, 6.45) is 1.07. The van der Waals surface area contributed by atoms with Gasteiger partial charge in [-0.2, -0.15) is 0 Å². The summed E-state index contributed by atoms with van der Waals surface area (Å²) in [7, 11) is 0. The number of benzene rings is 3. The van der Waals surface area contributed by atoms with Crippen LogP contribution in [0.15, 0.2) is 91.0 Å². The number of hydrogen-bond acceptors (Lipinski definition) is 0. The lowest BCUT2D eigenvalue weighted by Crippen LogP contribution is -2.14. The first kappa shape index (κ1) is 17.3. The standard InChI is InChI=1S/C28H24N2/c1-20-11-13-22(14-12-20)25-15-16-27-28-24(17-18-29(25)27)23-9-5-6-10-26(23)30(28)19-21-7-3-2-4-8-21/h2-16H,17-19H2,1H3. The summed E-state index contributed by atoms with van der Waals surface area (Å²) in [5, 5.41) is 1.40. The summed E-state index contributed by atoms with van der Waals surface area (Å²) in [6.45, 7) is 4.06. The molecule has 0 saturated carbocycles. The monoisotopic (exact) mass is 388 g/mol. The highest BCUT2D eigenvalue weighted by molar-refractivity contribution is 5.92. The minimum Gasteiger partial charge on any atom is -0.339 e. The van der Waals surface area contributed by atoms with E-state index in [1.165, 1.54) is 50.2 Å². The molecule has 0 atom stereocenters. The molecule has 0 aliphatic carbocycles. The fraction of sp³-hybridized carbons (Fsp3) is 0.143. The first-order chi connectivity index (χ1) is 14.8. The molecule has 0 bridgehead atoms. The van der Waals surface area contributed by atoms with Crippen molar-refractivity contribution in [2.45, 2.75) is 26.4 Å².